The van der Waals surface area contributed by atoms with Gasteiger partial charge in [0.25, 0.3) is 11.8 Å². The molecule has 0 saturated carbocycles. The number of aryl methyl sites for hydroxylation is 1. The van der Waals surface area contributed by atoms with Gasteiger partial charge in [-0.3, -0.25) is 20.0 Å². The number of hydrogen-bond acceptors (Lipinski definition) is 5. The van der Waals surface area contributed by atoms with Crippen LogP contribution in [0.2, 0.25) is 0 Å². The van der Waals surface area contributed by atoms with Crippen LogP contribution in [0.15, 0.2) is 48.8 Å². The number of rotatable bonds is 4. The Bertz CT molecular complexity index is 1280. The fourth-order valence-electron chi connectivity index (χ4n) is 3.20. The van der Waals surface area contributed by atoms with Crippen molar-refractivity contribution < 1.29 is 9.59 Å². The molecule has 4 rings (SSSR count). The van der Waals surface area contributed by atoms with Crippen LogP contribution in [-0.2, 0) is 5.41 Å². The van der Waals surface area contributed by atoms with Crippen molar-refractivity contribution in [2.75, 3.05) is 10.6 Å². The molecule has 0 unspecified atom stereocenters. The molecule has 0 bridgehead atoms. The third-order valence-corrected chi connectivity index (χ3v) is 5.92. The van der Waals surface area contributed by atoms with Crippen molar-refractivity contribution in [3.05, 3.63) is 70.4 Å². The lowest BCUT2D eigenvalue weighted by Gasteiger charge is -2.19. The number of aromatic amines is 1. The molecular formula is C23H23N5O2S. The summed E-state index contributed by atoms with van der Waals surface area (Å²) < 4.78 is 0. The summed E-state index contributed by atoms with van der Waals surface area (Å²) in [4.78, 5) is 30.0. The van der Waals surface area contributed by atoms with E-state index in [0.29, 0.717) is 21.3 Å². The van der Waals surface area contributed by atoms with Gasteiger partial charge in [-0.25, -0.2) is 4.98 Å². The van der Waals surface area contributed by atoms with Crippen molar-refractivity contribution in [1.29, 1.82) is 0 Å². The predicted molar refractivity (Wildman–Crippen MR) is 124 cm³/mol. The number of carbonyl (C=O) groups excluding carboxylic acids is 2. The summed E-state index contributed by atoms with van der Waals surface area (Å²) in [6.45, 7) is 8.22. The van der Waals surface area contributed by atoms with E-state index < -0.39 is 0 Å². The molecule has 3 N–H and O–H groups in total. The second-order valence-electron chi connectivity index (χ2n) is 8.36. The Morgan fingerprint density at radius 2 is 1.84 bits per heavy atom. The minimum absolute atomic E-state index is 0.0568. The Kier molecular flexibility index (Phi) is 5.32. The molecule has 0 fully saturated rings. The van der Waals surface area contributed by atoms with Crippen molar-refractivity contribution in [2.45, 2.75) is 33.1 Å². The third kappa shape index (κ3) is 4.34. The lowest BCUT2D eigenvalue weighted by Crippen LogP contribution is -2.15. The van der Waals surface area contributed by atoms with Crippen molar-refractivity contribution in [3.8, 4) is 0 Å². The number of carbonyl (C=O) groups is 2. The van der Waals surface area contributed by atoms with Gasteiger partial charge < -0.3 is 5.32 Å². The van der Waals surface area contributed by atoms with E-state index >= 15 is 0 Å². The summed E-state index contributed by atoms with van der Waals surface area (Å²) in [5.74, 6) is -0.545. The molecule has 2 aromatic heterocycles. The van der Waals surface area contributed by atoms with Crippen LogP contribution in [0, 0.1) is 6.92 Å². The van der Waals surface area contributed by atoms with Crippen molar-refractivity contribution in [1.82, 2.24) is 15.2 Å². The number of H-pyrrole nitrogens is 1. The lowest BCUT2D eigenvalue weighted by molar-refractivity contribution is 0.102. The molecule has 0 saturated heterocycles. The number of nitrogens with zero attached hydrogens (tertiary/aromatic N) is 2. The minimum Gasteiger partial charge on any atom is -0.320 e. The zero-order valence-electron chi connectivity index (χ0n) is 17.7. The summed E-state index contributed by atoms with van der Waals surface area (Å²) >= 11 is 1.13. The van der Waals surface area contributed by atoms with Gasteiger partial charge in [-0.1, -0.05) is 50.3 Å². The first-order valence-electron chi connectivity index (χ1n) is 9.84. The molecule has 0 aliphatic carbocycles. The first kappa shape index (κ1) is 20.7. The molecule has 0 atom stereocenters. The van der Waals surface area contributed by atoms with Gasteiger partial charge in [-0.2, -0.15) is 5.10 Å². The quantitative estimate of drug-likeness (QED) is 0.415. The largest absolute Gasteiger partial charge is 0.320 e. The molecule has 7 nitrogen and oxygen atoms in total. The van der Waals surface area contributed by atoms with Crippen LogP contribution in [0.5, 0.6) is 0 Å². The molecule has 0 aliphatic rings. The second-order valence-corrected chi connectivity index (χ2v) is 9.39. The SMILES string of the molecule is Cc1ccc2[nH]ncc2c1NC(=O)c1cnc(NC(=O)c2cccc(C(C)(C)C)c2)s1. The van der Waals surface area contributed by atoms with Crippen molar-refractivity contribution in [3.63, 3.8) is 0 Å². The summed E-state index contributed by atoms with van der Waals surface area (Å²) in [7, 11) is 0. The van der Waals surface area contributed by atoms with E-state index in [1.54, 1.807) is 12.3 Å². The highest BCUT2D eigenvalue weighted by atomic mass is 32.1. The number of fused-ring (bicyclic) bond motifs is 1. The zero-order chi connectivity index (χ0) is 22.2. The Balaban J connectivity index is 1.49. The number of benzene rings is 2. The normalized spacial score (nSPS) is 11.5. The van der Waals surface area contributed by atoms with Gasteiger partial charge in [0, 0.05) is 10.9 Å². The van der Waals surface area contributed by atoms with Gasteiger partial charge in [-0.15, -0.1) is 0 Å². The summed E-state index contributed by atoms with van der Waals surface area (Å²) in [5.41, 5.74) is 4.04. The molecule has 2 amide bonds. The number of aromatic nitrogens is 3. The molecular weight excluding hydrogens is 410 g/mol. The maximum absolute atomic E-state index is 12.8. The van der Waals surface area contributed by atoms with Gasteiger partial charge in [0.1, 0.15) is 4.88 Å². The number of nitrogens with one attached hydrogen (secondary N) is 3. The fourth-order valence-corrected chi connectivity index (χ4v) is 3.91. The molecule has 2 aromatic carbocycles. The molecule has 158 valence electrons. The highest BCUT2D eigenvalue weighted by molar-refractivity contribution is 7.17. The maximum atomic E-state index is 12.8. The molecule has 8 heteroatoms. The molecule has 0 spiro atoms. The van der Waals surface area contributed by atoms with Gasteiger partial charge in [0.05, 0.1) is 23.6 Å². The van der Waals surface area contributed by atoms with E-state index in [4.69, 9.17) is 0 Å². The number of hydrogen-bond donors (Lipinski definition) is 3. The van der Waals surface area contributed by atoms with Crippen molar-refractivity contribution in [2.24, 2.45) is 0 Å². The average molecular weight is 434 g/mol. The number of amides is 2. The highest BCUT2D eigenvalue weighted by Crippen LogP contribution is 2.28. The van der Waals surface area contributed by atoms with E-state index in [9.17, 15) is 9.59 Å². The Morgan fingerprint density at radius 3 is 2.61 bits per heavy atom. The molecule has 2 heterocycles. The third-order valence-electron chi connectivity index (χ3n) is 5.01. The van der Waals surface area contributed by atoms with Crippen molar-refractivity contribution >= 4 is 44.9 Å². The molecule has 4 aromatic rings. The smallest absolute Gasteiger partial charge is 0.267 e. The lowest BCUT2D eigenvalue weighted by atomic mass is 9.86. The predicted octanol–water partition coefficient (Wildman–Crippen LogP) is 5.13. The number of anilines is 2. The summed E-state index contributed by atoms with van der Waals surface area (Å²) in [6, 6.07) is 11.4. The van der Waals surface area contributed by atoms with E-state index in [0.717, 1.165) is 33.4 Å². The first-order chi connectivity index (χ1) is 14.7. The fraction of sp³-hybridized carbons (Fsp3) is 0.217. The minimum atomic E-state index is -0.287. The van der Waals surface area contributed by atoms with Gasteiger partial charge >= 0.3 is 0 Å². The van der Waals surface area contributed by atoms with Crippen LogP contribution < -0.4 is 10.6 Å². The summed E-state index contributed by atoms with van der Waals surface area (Å²) in [5, 5.41) is 13.9. The average Bonchev–Trinajstić information content (AvgIpc) is 3.39. The van der Waals surface area contributed by atoms with E-state index in [2.05, 4.69) is 46.6 Å². The maximum Gasteiger partial charge on any atom is 0.267 e. The van der Waals surface area contributed by atoms with Crippen LogP contribution >= 0.6 is 11.3 Å². The van der Waals surface area contributed by atoms with E-state index in [1.165, 1.54) is 6.20 Å². The monoisotopic (exact) mass is 433 g/mol. The van der Waals surface area contributed by atoms with Crippen LogP contribution in [0.25, 0.3) is 10.9 Å². The molecule has 0 radical (unpaired) electrons. The topological polar surface area (TPSA) is 99.8 Å². The zero-order valence-corrected chi connectivity index (χ0v) is 18.6. The molecule has 31 heavy (non-hydrogen) atoms. The first-order valence-corrected chi connectivity index (χ1v) is 10.7. The Hall–Kier alpha value is -3.52. The summed E-state index contributed by atoms with van der Waals surface area (Å²) in [6.07, 6.45) is 3.15. The van der Waals surface area contributed by atoms with Crippen LogP contribution in [0.1, 0.15) is 51.9 Å². The van der Waals surface area contributed by atoms with Crippen LogP contribution in [-0.4, -0.2) is 27.0 Å². The molecule has 0 aliphatic heterocycles. The Labute approximate surface area is 183 Å². The second kappa shape index (κ2) is 7.96. The highest BCUT2D eigenvalue weighted by Gasteiger charge is 2.18. The van der Waals surface area contributed by atoms with E-state index in [1.807, 2.05) is 37.3 Å². The standard InChI is InChI=1S/C23H23N5O2S/c1-13-8-9-17-16(11-25-28-17)19(13)26-21(30)18-12-24-22(31-18)27-20(29)14-6-5-7-15(10-14)23(2,3)4/h5-12H,1-4H3,(H,25,28)(H,26,30)(H,24,27,29). The van der Waals surface area contributed by atoms with E-state index in [-0.39, 0.29) is 17.2 Å². The van der Waals surface area contributed by atoms with Crippen LogP contribution in [0.4, 0.5) is 10.8 Å². The van der Waals surface area contributed by atoms with Gasteiger partial charge in [-0.05, 0) is 41.7 Å². The van der Waals surface area contributed by atoms with Crippen LogP contribution in [0.3, 0.4) is 0 Å². The van der Waals surface area contributed by atoms with Gasteiger partial charge in [0.2, 0.25) is 0 Å². The number of thiazole rings is 1. The van der Waals surface area contributed by atoms with Gasteiger partial charge in [0.15, 0.2) is 5.13 Å². The Morgan fingerprint density at radius 1 is 1.03 bits per heavy atom.